The van der Waals surface area contributed by atoms with Gasteiger partial charge in [0.25, 0.3) is 0 Å². The topological polar surface area (TPSA) is 68.3 Å². The molecule has 0 N–H and O–H groups in total. The molecule has 0 aromatic heterocycles. The minimum atomic E-state index is -3.35. The van der Waals surface area contributed by atoms with Crippen LogP contribution in [0, 0.1) is 0 Å². The van der Waals surface area contributed by atoms with Crippen LogP contribution in [0.5, 0.6) is 11.5 Å². The Bertz CT molecular complexity index is 869. The van der Waals surface area contributed by atoms with Crippen LogP contribution in [-0.4, -0.2) is 33.1 Å². The van der Waals surface area contributed by atoms with Gasteiger partial charge >= 0.3 is 0 Å². The van der Waals surface area contributed by atoms with E-state index >= 15 is 0 Å². The van der Waals surface area contributed by atoms with Crippen LogP contribution in [0.25, 0.3) is 0 Å². The average molecular weight is 315 g/mol. The average Bonchev–Trinajstić information content (AvgIpc) is 3.31. The zero-order valence-electron chi connectivity index (χ0n) is 11.6. The second-order valence-electron chi connectivity index (χ2n) is 5.26. The lowest BCUT2D eigenvalue weighted by Crippen LogP contribution is -2.12. The molecule has 5 nitrogen and oxygen atoms in total. The van der Waals surface area contributed by atoms with E-state index in [1.165, 1.54) is 0 Å². The smallest absolute Gasteiger partial charge is 0.181 e. The highest BCUT2D eigenvalue weighted by molar-refractivity contribution is 7.91. The van der Waals surface area contributed by atoms with Crippen LogP contribution < -0.4 is 4.74 Å². The molecule has 112 valence electrons. The maximum atomic E-state index is 12.3. The van der Waals surface area contributed by atoms with Crippen molar-refractivity contribution in [2.45, 2.75) is 11.0 Å². The van der Waals surface area contributed by atoms with Crippen LogP contribution in [0.2, 0.25) is 0 Å². The molecule has 2 heterocycles. The molecule has 1 unspecified atom stereocenters. The van der Waals surface area contributed by atoms with Gasteiger partial charge in [0.1, 0.15) is 11.4 Å². The molecule has 0 saturated carbocycles. The van der Waals surface area contributed by atoms with E-state index in [1.807, 2.05) is 24.3 Å². The Morgan fingerprint density at radius 3 is 2.77 bits per heavy atom. The molecule has 4 rings (SSSR count). The first-order valence-corrected chi connectivity index (χ1v) is 8.56. The van der Waals surface area contributed by atoms with Crippen molar-refractivity contribution >= 4 is 21.7 Å². The van der Waals surface area contributed by atoms with Crippen LogP contribution >= 0.6 is 0 Å². The Balaban J connectivity index is 1.73. The van der Waals surface area contributed by atoms with Gasteiger partial charge in [0.2, 0.25) is 0 Å². The molecule has 2 aromatic rings. The minimum absolute atomic E-state index is 0.0179. The Morgan fingerprint density at radius 2 is 1.95 bits per heavy atom. The highest BCUT2D eigenvalue weighted by atomic mass is 32.2. The Morgan fingerprint density at radius 1 is 1.14 bits per heavy atom. The van der Waals surface area contributed by atoms with Gasteiger partial charge < -0.3 is 9.47 Å². The first-order valence-electron chi connectivity index (χ1n) is 6.91. The Hall–Kier alpha value is -2.18. The van der Waals surface area contributed by atoms with E-state index in [0.29, 0.717) is 23.7 Å². The first kappa shape index (κ1) is 13.5. The highest BCUT2D eigenvalue weighted by Gasteiger charge is 2.30. The lowest BCUT2D eigenvalue weighted by Gasteiger charge is -2.09. The maximum Gasteiger partial charge on any atom is 0.181 e. The second kappa shape index (κ2) is 4.93. The number of sulfone groups is 1. The van der Waals surface area contributed by atoms with Gasteiger partial charge in [-0.1, -0.05) is 12.1 Å². The number of hydrogen-bond acceptors (Lipinski definition) is 5. The molecule has 2 aliphatic heterocycles. The van der Waals surface area contributed by atoms with Crippen LogP contribution in [0.15, 0.2) is 52.4 Å². The molecule has 0 spiro atoms. The molecule has 1 saturated heterocycles. The normalized spacial score (nSPS) is 18.8. The summed E-state index contributed by atoms with van der Waals surface area (Å²) >= 11 is 0. The fourth-order valence-electron chi connectivity index (χ4n) is 2.33. The standard InChI is InChI=1S/C16H13NO4S/c18-22(19,10-12-9-20-12)13-5-6-15-11(7-13)8-17-14-3-1-2-4-16(14)21-15/h1-8,12H,9-10H2. The summed E-state index contributed by atoms with van der Waals surface area (Å²) in [5, 5.41) is 0. The van der Waals surface area contributed by atoms with Gasteiger partial charge in [0, 0.05) is 11.8 Å². The number of ether oxygens (including phenoxy) is 2. The van der Waals surface area contributed by atoms with E-state index < -0.39 is 9.84 Å². The largest absolute Gasteiger partial charge is 0.454 e. The third-order valence-electron chi connectivity index (χ3n) is 3.58. The Kier molecular flexibility index (Phi) is 3.02. The fourth-order valence-corrected chi connectivity index (χ4v) is 3.78. The molecular weight excluding hydrogens is 302 g/mol. The minimum Gasteiger partial charge on any atom is -0.454 e. The van der Waals surface area contributed by atoms with E-state index in [2.05, 4.69) is 4.99 Å². The van der Waals surface area contributed by atoms with E-state index in [4.69, 9.17) is 9.47 Å². The van der Waals surface area contributed by atoms with Gasteiger partial charge in [0.05, 0.1) is 23.4 Å². The van der Waals surface area contributed by atoms with Crippen molar-refractivity contribution < 1.29 is 17.9 Å². The van der Waals surface area contributed by atoms with Crippen molar-refractivity contribution in [2.75, 3.05) is 12.4 Å². The summed E-state index contributed by atoms with van der Waals surface area (Å²) in [6, 6.07) is 12.3. The van der Waals surface area contributed by atoms with Gasteiger partial charge in [-0.2, -0.15) is 0 Å². The van der Waals surface area contributed by atoms with Crippen molar-refractivity contribution in [3.8, 4) is 11.5 Å². The maximum absolute atomic E-state index is 12.3. The van der Waals surface area contributed by atoms with E-state index in [9.17, 15) is 8.42 Å². The molecule has 0 bridgehead atoms. The lowest BCUT2D eigenvalue weighted by molar-refractivity contribution is 0.422. The summed E-state index contributed by atoms with van der Waals surface area (Å²) in [4.78, 5) is 4.62. The van der Waals surface area contributed by atoms with Crippen LogP contribution in [0.3, 0.4) is 0 Å². The van der Waals surface area contributed by atoms with Crippen molar-refractivity contribution in [2.24, 2.45) is 4.99 Å². The summed E-state index contributed by atoms with van der Waals surface area (Å²) in [5.41, 5.74) is 1.36. The van der Waals surface area contributed by atoms with Crippen molar-refractivity contribution in [3.63, 3.8) is 0 Å². The van der Waals surface area contributed by atoms with Crippen molar-refractivity contribution in [1.82, 2.24) is 0 Å². The van der Waals surface area contributed by atoms with E-state index in [0.717, 1.165) is 5.69 Å². The zero-order chi connectivity index (χ0) is 15.2. The zero-order valence-corrected chi connectivity index (χ0v) is 12.4. The number of fused-ring (bicyclic) bond motifs is 2. The van der Waals surface area contributed by atoms with Crippen molar-refractivity contribution in [1.29, 1.82) is 0 Å². The summed E-state index contributed by atoms with van der Waals surface area (Å²) in [5.74, 6) is 1.26. The van der Waals surface area contributed by atoms with Crippen LogP contribution in [-0.2, 0) is 14.6 Å². The molecule has 1 fully saturated rings. The molecule has 0 radical (unpaired) electrons. The lowest BCUT2D eigenvalue weighted by atomic mass is 10.2. The summed E-state index contributed by atoms with van der Waals surface area (Å²) in [6.45, 7) is 0.518. The number of benzene rings is 2. The van der Waals surface area contributed by atoms with Gasteiger partial charge in [0.15, 0.2) is 15.6 Å². The number of epoxide rings is 1. The molecule has 6 heteroatoms. The van der Waals surface area contributed by atoms with E-state index in [1.54, 1.807) is 24.4 Å². The number of nitrogens with zero attached hydrogens (tertiary/aromatic N) is 1. The number of hydrogen-bond donors (Lipinski definition) is 0. The molecule has 22 heavy (non-hydrogen) atoms. The highest BCUT2D eigenvalue weighted by Crippen LogP contribution is 2.36. The predicted molar refractivity (Wildman–Crippen MR) is 82.0 cm³/mol. The van der Waals surface area contributed by atoms with Gasteiger partial charge in [-0.3, -0.25) is 4.99 Å². The molecule has 2 aliphatic rings. The summed E-state index contributed by atoms with van der Waals surface area (Å²) in [6.07, 6.45) is 1.46. The number of rotatable bonds is 3. The number of para-hydroxylation sites is 2. The van der Waals surface area contributed by atoms with Crippen LogP contribution in [0.4, 0.5) is 5.69 Å². The van der Waals surface area contributed by atoms with Gasteiger partial charge in [-0.25, -0.2) is 8.42 Å². The van der Waals surface area contributed by atoms with E-state index in [-0.39, 0.29) is 16.8 Å². The molecule has 0 aliphatic carbocycles. The third kappa shape index (κ3) is 2.51. The SMILES string of the molecule is O=S(=O)(CC1CO1)c1ccc2c(c1)C=Nc1ccccc1O2. The predicted octanol–water partition coefficient (Wildman–Crippen LogP) is 2.72. The Labute approximate surface area is 128 Å². The third-order valence-corrected chi connectivity index (χ3v) is 5.36. The monoisotopic (exact) mass is 315 g/mol. The molecule has 0 amide bonds. The van der Waals surface area contributed by atoms with Gasteiger partial charge in [-0.15, -0.1) is 0 Å². The molecule has 2 aromatic carbocycles. The first-order chi connectivity index (χ1) is 10.6. The van der Waals surface area contributed by atoms with Gasteiger partial charge in [-0.05, 0) is 30.3 Å². The summed E-state index contributed by atoms with van der Waals surface area (Å²) in [7, 11) is -3.35. The fraction of sp³-hybridized carbons (Fsp3) is 0.188. The second-order valence-corrected chi connectivity index (χ2v) is 7.30. The molecule has 1 atom stereocenters. The van der Waals surface area contributed by atoms with Crippen molar-refractivity contribution in [3.05, 3.63) is 48.0 Å². The quantitative estimate of drug-likeness (QED) is 0.697. The summed E-state index contributed by atoms with van der Waals surface area (Å²) < 4.78 is 35.4. The number of aliphatic imine (C=N–C) groups is 1. The molecular formula is C16H13NO4S. The van der Waals surface area contributed by atoms with Crippen LogP contribution in [0.1, 0.15) is 5.56 Å².